The molecule has 0 spiro atoms. The molecule has 0 bridgehead atoms. The quantitative estimate of drug-likeness (QED) is 0.809. The lowest BCUT2D eigenvalue weighted by Gasteiger charge is -2.04. The Morgan fingerprint density at radius 2 is 2.18 bits per heavy atom. The Bertz CT molecular complexity index is 573. The second kappa shape index (κ2) is 4.58. The van der Waals surface area contributed by atoms with E-state index in [1.165, 1.54) is 0 Å². The molecule has 1 heterocycles. The predicted molar refractivity (Wildman–Crippen MR) is 68.6 cm³/mol. The fraction of sp³-hybridized carbons (Fsp3) is 0.429. The third kappa shape index (κ3) is 2.31. The van der Waals surface area contributed by atoms with Crippen LogP contribution in [0, 0.1) is 17.2 Å². The van der Waals surface area contributed by atoms with E-state index < -0.39 is 0 Å². The van der Waals surface area contributed by atoms with Crippen molar-refractivity contribution >= 4 is 11.0 Å². The van der Waals surface area contributed by atoms with E-state index in [9.17, 15) is 0 Å². The monoisotopic (exact) mass is 227 g/mol. The summed E-state index contributed by atoms with van der Waals surface area (Å²) in [6.45, 7) is 4.39. The molecule has 0 aliphatic heterocycles. The highest BCUT2D eigenvalue weighted by Crippen LogP contribution is 2.18. The molecule has 0 amide bonds. The highest BCUT2D eigenvalue weighted by molar-refractivity contribution is 5.76. The van der Waals surface area contributed by atoms with Gasteiger partial charge in [-0.2, -0.15) is 5.26 Å². The normalized spacial score (nSPS) is 11.0. The molecule has 17 heavy (non-hydrogen) atoms. The van der Waals surface area contributed by atoms with Crippen LogP contribution in [0.3, 0.4) is 0 Å². The van der Waals surface area contributed by atoms with E-state index in [4.69, 9.17) is 5.26 Å². The lowest BCUT2D eigenvalue weighted by molar-refractivity contribution is 0.606. The Morgan fingerprint density at radius 3 is 2.82 bits per heavy atom. The van der Waals surface area contributed by atoms with Crippen molar-refractivity contribution in [2.24, 2.45) is 13.0 Å². The average Bonchev–Trinajstić information content (AvgIpc) is 2.55. The Hall–Kier alpha value is -1.82. The van der Waals surface area contributed by atoms with Crippen LogP contribution in [-0.4, -0.2) is 9.55 Å². The molecule has 0 saturated heterocycles. The zero-order valence-electron chi connectivity index (χ0n) is 10.6. The van der Waals surface area contributed by atoms with E-state index in [1.807, 2.05) is 12.1 Å². The van der Waals surface area contributed by atoms with Gasteiger partial charge >= 0.3 is 0 Å². The van der Waals surface area contributed by atoms with Crippen LogP contribution in [0.5, 0.6) is 0 Å². The number of fused-ring (bicyclic) bond motifs is 1. The summed E-state index contributed by atoms with van der Waals surface area (Å²) in [7, 11) is 2.05. The van der Waals surface area contributed by atoms with Crippen LogP contribution in [0.1, 0.15) is 25.2 Å². The van der Waals surface area contributed by atoms with Crippen molar-refractivity contribution in [1.29, 1.82) is 5.26 Å². The van der Waals surface area contributed by atoms with Gasteiger partial charge in [0.25, 0.3) is 0 Å². The fourth-order valence-corrected chi connectivity index (χ4v) is 2.04. The van der Waals surface area contributed by atoms with Crippen LogP contribution in [0.25, 0.3) is 11.0 Å². The Labute approximate surface area is 102 Å². The smallest absolute Gasteiger partial charge is 0.109 e. The van der Waals surface area contributed by atoms with Gasteiger partial charge in [0.05, 0.1) is 23.5 Å². The van der Waals surface area contributed by atoms with Crippen LogP contribution in [0.4, 0.5) is 0 Å². The van der Waals surface area contributed by atoms with Crippen molar-refractivity contribution < 1.29 is 0 Å². The predicted octanol–water partition coefficient (Wildman–Crippen LogP) is 2.84. The van der Waals surface area contributed by atoms with Crippen LogP contribution < -0.4 is 0 Å². The van der Waals surface area contributed by atoms with Crippen molar-refractivity contribution in [3.8, 4) is 6.07 Å². The molecule has 1 aromatic heterocycles. The van der Waals surface area contributed by atoms with Crippen molar-refractivity contribution in [3.05, 3.63) is 29.6 Å². The molecule has 3 nitrogen and oxygen atoms in total. The molecule has 0 radical (unpaired) electrons. The van der Waals surface area contributed by atoms with Crippen molar-refractivity contribution in [1.82, 2.24) is 9.55 Å². The van der Waals surface area contributed by atoms with Gasteiger partial charge in [-0.05, 0) is 23.6 Å². The van der Waals surface area contributed by atoms with Crippen molar-refractivity contribution in [2.75, 3.05) is 0 Å². The summed E-state index contributed by atoms with van der Waals surface area (Å²) in [6.07, 6.45) is 1.44. The van der Waals surface area contributed by atoms with Crippen LogP contribution in [0.2, 0.25) is 0 Å². The minimum absolute atomic E-state index is 0.450. The zero-order valence-corrected chi connectivity index (χ0v) is 10.6. The number of rotatable bonds is 3. The van der Waals surface area contributed by atoms with Crippen LogP contribution in [-0.2, 0) is 19.9 Å². The van der Waals surface area contributed by atoms with E-state index in [0.29, 0.717) is 12.3 Å². The number of hydrogen-bond donors (Lipinski definition) is 0. The van der Waals surface area contributed by atoms with Gasteiger partial charge in [0.1, 0.15) is 5.82 Å². The molecule has 2 aromatic rings. The third-order valence-corrected chi connectivity index (χ3v) is 2.91. The van der Waals surface area contributed by atoms with E-state index in [1.54, 1.807) is 0 Å². The second-order valence-corrected chi connectivity index (χ2v) is 4.84. The summed E-state index contributed by atoms with van der Waals surface area (Å²) in [5, 5.41) is 8.69. The first-order chi connectivity index (χ1) is 8.11. The van der Waals surface area contributed by atoms with Gasteiger partial charge in [0.2, 0.25) is 0 Å². The Kier molecular flexibility index (Phi) is 3.14. The van der Waals surface area contributed by atoms with Gasteiger partial charge in [-0.15, -0.1) is 0 Å². The molecule has 88 valence electrons. The number of aromatic nitrogens is 2. The zero-order chi connectivity index (χ0) is 12.4. The summed E-state index contributed by atoms with van der Waals surface area (Å²) in [6, 6.07) is 8.24. The Morgan fingerprint density at radius 1 is 1.41 bits per heavy atom. The van der Waals surface area contributed by atoms with Gasteiger partial charge in [0.15, 0.2) is 0 Å². The summed E-state index contributed by atoms with van der Waals surface area (Å²) >= 11 is 0. The molecule has 0 atom stereocenters. The number of hydrogen-bond acceptors (Lipinski definition) is 2. The molecule has 3 heteroatoms. The van der Waals surface area contributed by atoms with Gasteiger partial charge in [-0.1, -0.05) is 19.9 Å². The lowest BCUT2D eigenvalue weighted by atomic mass is 10.1. The minimum Gasteiger partial charge on any atom is -0.331 e. The minimum atomic E-state index is 0.450. The molecular weight excluding hydrogens is 210 g/mol. The summed E-state index contributed by atoms with van der Waals surface area (Å²) in [4.78, 5) is 4.65. The number of nitriles is 1. The topological polar surface area (TPSA) is 41.6 Å². The van der Waals surface area contributed by atoms with Gasteiger partial charge < -0.3 is 4.57 Å². The van der Waals surface area contributed by atoms with Gasteiger partial charge in [0, 0.05) is 13.5 Å². The van der Waals surface area contributed by atoms with Crippen LogP contribution in [0.15, 0.2) is 18.2 Å². The lowest BCUT2D eigenvalue weighted by Crippen LogP contribution is -2.02. The molecular formula is C14H17N3. The maximum absolute atomic E-state index is 8.69. The third-order valence-electron chi connectivity index (χ3n) is 2.91. The summed E-state index contributed by atoms with van der Waals surface area (Å²) < 4.78 is 2.14. The first-order valence-corrected chi connectivity index (χ1v) is 5.93. The molecule has 1 aromatic carbocycles. The highest BCUT2D eigenvalue weighted by Gasteiger charge is 2.09. The molecule has 0 aliphatic rings. The number of aryl methyl sites for hydroxylation is 1. The van der Waals surface area contributed by atoms with Crippen molar-refractivity contribution in [3.63, 3.8) is 0 Å². The molecule has 0 fully saturated rings. The second-order valence-electron chi connectivity index (χ2n) is 4.84. The van der Waals surface area contributed by atoms with Crippen molar-refractivity contribution in [2.45, 2.75) is 26.7 Å². The van der Waals surface area contributed by atoms with Gasteiger partial charge in [-0.25, -0.2) is 4.98 Å². The van der Waals surface area contributed by atoms with Crippen LogP contribution >= 0.6 is 0 Å². The summed E-state index contributed by atoms with van der Waals surface area (Å²) in [5.74, 6) is 1.72. The average molecular weight is 227 g/mol. The SMILES string of the molecule is CC(C)Cc1nc2cc(CC#N)ccc2n1C. The molecule has 0 unspecified atom stereocenters. The van der Waals surface area contributed by atoms with E-state index >= 15 is 0 Å². The van der Waals surface area contributed by atoms with E-state index in [-0.39, 0.29) is 0 Å². The summed E-state index contributed by atoms with van der Waals surface area (Å²) in [5.41, 5.74) is 3.17. The van der Waals surface area contributed by atoms with Gasteiger partial charge in [-0.3, -0.25) is 0 Å². The van der Waals surface area contributed by atoms with E-state index in [2.05, 4.69) is 42.6 Å². The number of nitrogens with zero attached hydrogens (tertiary/aromatic N) is 3. The Balaban J connectivity index is 2.46. The molecule has 0 saturated carbocycles. The standard InChI is InChI=1S/C14H17N3/c1-10(2)8-14-16-12-9-11(6-7-15)4-5-13(12)17(14)3/h4-5,9-10H,6,8H2,1-3H3. The molecule has 0 N–H and O–H groups in total. The molecule has 2 rings (SSSR count). The maximum atomic E-state index is 8.69. The molecule has 0 aliphatic carbocycles. The number of imidazole rings is 1. The first-order valence-electron chi connectivity index (χ1n) is 5.93. The highest BCUT2D eigenvalue weighted by atomic mass is 15.1. The largest absolute Gasteiger partial charge is 0.331 e. The van der Waals surface area contributed by atoms with E-state index in [0.717, 1.165) is 28.8 Å². The fourth-order valence-electron chi connectivity index (χ4n) is 2.04. The first kappa shape index (κ1) is 11.7. The number of benzene rings is 1. The maximum Gasteiger partial charge on any atom is 0.109 e.